The fourth-order valence-corrected chi connectivity index (χ4v) is 8.77. The zero-order chi connectivity index (χ0) is 36.2. The van der Waals surface area contributed by atoms with Crippen molar-refractivity contribution < 1.29 is 0 Å². The number of benzene rings is 9. The van der Waals surface area contributed by atoms with Crippen molar-refractivity contribution in [1.82, 2.24) is 0 Å². The van der Waals surface area contributed by atoms with Gasteiger partial charge in [-0.05, 0) is 114 Å². The van der Waals surface area contributed by atoms with Crippen LogP contribution >= 0.6 is 0 Å². The predicted octanol–water partition coefficient (Wildman–Crippen LogP) is 14.8. The van der Waals surface area contributed by atoms with Gasteiger partial charge in [-0.3, -0.25) is 0 Å². The Morgan fingerprint density at radius 1 is 0.315 bits per heavy atom. The lowest BCUT2D eigenvalue weighted by molar-refractivity contribution is 0.660. The molecule has 1 aliphatic rings. The number of fused-ring (bicyclic) bond motifs is 5. The van der Waals surface area contributed by atoms with Gasteiger partial charge in [0.05, 0.1) is 0 Å². The van der Waals surface area contributed by atoms with E-state index >= 15 is 0 Å². The Hall–Kier alpha value is -6.70. The van der Waals surface area contributed by atoms with Gasteiger partial charge >= 0.3 is 0 Å². The second-order valence-corrected chi connectivity index (χ2v) is 14.9. The van der Waals surface area contributed by atoms with E-state index in [9.17, 15) is 0 Å². The minimum Gasteiger partial charge on any atom is -0.310 e. The lowest BCUT2D eigenvalue weighted by Crippen LogP contribution is -2.16. The van der Waals surface area contributed by atoms with Gasteiger partial charge in [0, 0.05) is 22.5 Å². The average molecular weight is 690 g/mol. The average Bonchev–Trinajstić information content (AvgIpc) is 3.46. The zero-order valence-electron chi connectivity index (χ0n) is 30.5. The Labute approximate surface area is 317 Å². The molecule has 0 aromatic heterocycles. The molecular weight excluding hydrogens is 651 g/mol. The minimum absolute atomic E-state index is 0.0946. The lowest BCUT2D eigenvalue weighted by Gasteiger charge is -2.28. The van der Waals surface area contributed by atoms with Crippen LogP contribution in [0.15, 0.2) is 200 Å². The summed E-state index contributed by atoms with van der Waals surface area (Å²) in [5.41, 5.74) is 16.1. The number of hydrogen-bond acceptors (Lipinski definition) is 1. The third-order valence-corrected chi connectivity index (χ3v) is 11.5. The maximum atomic E-state index is 2.41. The summed E-state index contributed by atoms with van der Waals surface area (Å²) < 4.78 is 0. The van der Waals surface area contributed by atoms with Crippen LogP contribution in [0.5, 0.6) is 0 Å². The number of nitrogens with zero attached hydrogens (tertiary/aromatic N) is 1. The smallest absolute Gasteiger partial charge is 0.0465 e. The van der Waals surface area contributed by atoms with Crippen molar-refractivity contribution in [3.8, 4) is 44.5 Å². The van der Waals surface area contributed by atoms with Crippen molar-refractivity contribution in [1.29, 1.82) is 0 Å². The van der Waals surface area contributed by atoms with E-state index in [1.165, 1.54) is 77.2 Å². The van der Waals surface area contributed by atoms with Gasteiger partial charge in [0.1, 0.15) is 0 Å². The molecule has 9 aromatic carbocycles. The fraction of sp³-hybridized carbons (Fsp3) is 0.0566. The summed E-state index contributed by atoms with van der Waals surface area (Å²) in [5.74, 6) is 0. The SMILES string of the molecule is CC1(C)c2ccccc2-c2ccc(N(c3ccc(-c4cccc5ccccc45)cc3)c3ccc(-c4cccc5c(-c6ccccc6)cccc45)cc3)cc21. The van der Waals surface area contributed by atoms with Crippen LogP contribution in [0.2, 0.25) is 0 Å². The maximum absolute atomic E-state index is 2.41. The van der Waals surface area contributed by atoms with Gasteiger partial charge < -0.3 is 4.90 Å². The van der Waals surface area contributed by atoms with Gasteiger partial charge in [-0.15, -0.1) is 0 Å². The zero-order valence-corrected chi connectivity index (χ0v) is 30.5. The molecule has 0 bridgehead atoms. The Morgan fingerprint density at radius 3 is 1.43 bits per heavy atom. The van der Waals surface area contributed by atoms with E-state index in [2.05, 4.69) is 219 Å². The highest BCUT2D eigenvalue weighted by molar-refractivity contribution is 6.04. The molecule has 0 aliphatic heterocycles. The van der Waals surface area contributed by atoms with E-state index in [1.54, 1.807) is 0 Å². The minimum atomic E-state index is -0.0946. The third kappa shape index (κ3) is 5.24. The molecule has 54 heavy (non-hydrogen) atoms. The molecule has 0 saturated carbocycles. The standard InChI is InChI=1S/C53H39N/c1-53(2)51-24-9-8-18-49(51)50-34-33-42(35-52(50)53)54(40-29-25-38(26-30-40)44-19-10-16-37-15-6-7-17-43(37)44)41-31-27-39(28-32-41)46-21-12-22-47-45(20-11-23-48(46)47)36-13-4-3-5-14-36/h3-35H,1-2H3. The summed E-state index contributed by atoms with van der Waals surface area (Å²) >= 11 is 0. The van der Waals surface area contributed by atoms with Crippen LogP contribution in [0, 0.1) is 0 Å². The van der Waals surface area contributed by atoms with Crippen LogP contribution in [0.3, 0.4) is 0 Å². The first-order valence-electron chi connectivity index (χ1n) is 18.8. The fourth-order valence-electron chi connectivity index (χ4n) is 8.77. The van der Waals surface area contributed by atoms with Crippen LogP contribution in [0.4, 0.5) is 17.1 Å². The molecule has 256 valence electrons. The summed E-state index contributed by atoms with van der Waals surface area (Å²) in [6.45, 7) is 4.71. The Morgan fingerprint density at radius 2 is 0.759 bits per heavy atom. The van der Waals surface area contributed by atoms with Crippen molar-refractivity contribution in [2.45, 2.75) is 19.3 Å². The van der Waals surface area contributed by atoms with E-state index in [0.29, 0.717) is 0 Å². The first kappa shape index (κ1) is 32.0. The van der Waals surface area contributed by atoms with E-state index in [1.807, 2.05) is 0 Å². The lowest BCUT2D eigenvalue weighted by atomic mass is 9.82. The normalized spacial score (nSPS) is 12.8. The molecule has 0 atom stereocenters. The van der Waals surface area contributed by atoms with E-state index in [-0.39, 0.29) is 5.41 Å². The van der Waals surface area contributed by atoms with Gasteiger partial charge in [0.25, 0.3) is 0 Å². The molecule has 0 amide bonds. The second-order valence-electron chi connectivity index (χ2n) is 14.9. The van der Waals surface area contributed by atoms with Crippen molar-refractivity contribution >= 4 is 38.6 Å². The molecule has 0 N–H and O–H groups in total. The molecule has 0 heterocycles. The highest BCUT2D eigenvalue weighted by Crippen LogP contribution is 2.51. The third-order valence-electron chi connectivity index (χ3n) is 11.5. The first-order valence-corrected chi connectivity index (χ1v) is 18.8. The quantitative estimate of drug-likeness (QED) is 0.168. The van der Waals surface area contributed by atoms with Gasteiger partial charge in [-0.25, -0.2) is 0 Å². The van der Waals surface area contributed by atoms with Gasteiger partial charge in [-0.2, -0.15) is 0 Å². The summed E-state index contributed by atoms with van der Waals surface area (Å²) in [6, 6.07) is 73.3. The maximum Gasteiger partial charge on any atom is 0.0465 e. The Bertz CT molecular complexity index is 2820. The molecule has 9 aromatic rings. The van der Waals surface area contributed by atoms with Crippen LogP contribution in [-0.2, 0) is 5.41 Å². The molecule has 0 spiro atoms. The van der Waals surface area contributed by atoms with Crippen molar-refractivity contribution in [2.24, 2.45) is 0 Å². The number of hydrogen-bond donors (Lipinski definition) is 0. The molecule has 1 aliphatic carbocycles. The monoisotopic (exact) mass is 689 g/mol. The first-order chi connectivity index (χ1) is 26.5. The van der Waals surface area contributed by atoms with E-state index < -0.39 is 0 Å². The van der Waals surface area contributed by atoms with Crippen LogP contribution in [0.25, 0.3) is 66.1 Å². The number of rotatable bonds is 6. The predicted molar refractivity (Wildman–Crippen MR) is 230 cm³/mol. The molecule has 0 unspecified atom stereocenters. The molecule has 0 saturated heterocycles. The van der Waals surface area contributed by atoms with Crippen LogP contribution in [-0.4, -0.2) is 0 Å². The second kappa shape index (κ2) is 12.8. The van der Waals surface area contributed by atoms with E-state index in [4.69, 9.17) is 0 Å². The molecule has 1 nitrogen and oxygen atoms in total. The van der Waals surface area contributed by atoms with Gasteiger partial charge in [-0.1, -0.05) is 178 Å². The Kier molecular flexibility index (Phi) is 7.56. The Balaban J connectivity index is 1.08. The van der Waals surface area contributed by atoms with Crippen molar-refractivity contribution in [3.63, 3.8) is 0 Å². The molecule has 0 radical (unpaired) electrons. The van der Waals surface area contributed by atoms with Gasteiger partial charge in [0.15, 0.2) is 0 Å². The highest BCUT2D eigenvalue weighted by atomic mass is 15.1. The summed E-state index contributed by atoms with van der Waals surface area (Å²) in [5, 5.41) is 5.04. The van der Waals surface area contributed by atoms with Crippen LogP contribution in [0.1, 0.15) is 25.0 Å². The molecular formula is C53H39N. The summed E-state index contributed by atoms with van der Waals surface area (Å²) in [4.78, 5) is 2.41. The van der Waals surface area contributed by atoms with Crippen LogP contribution < -0.4 is 4.90 Å². The largest absolute Gasteiger partial charge is 0.310 e. The summed E-state index contributed by atoms with van der Waals surface area (Å²) in [7, 11) is 0. The molecule has 1 heteroatoms. The van der Waals surface area contributed by atoms with Gasteiger partial charge in [0.2, 0.25) is 0 Å². The van der Waals surface area contributed by atoms with Crippen molar-refractivity contribution in [2.75, 3.05) is 4.90 Å². The van der Waals surface area contributed by atoms with Crippen molar-refractivity contribution in [3.05, 3.63) is 211 Å². The molecule has 0 fully saturated rings. The number of anilines is 3. The molecule has 10 rings (SSSR count). The highest BCUT2D eigenvalue weighted by Gasteiger charge is 2.35. The summed E-state index contributed by atoms with van der Waals surface area (Å²) in [6.07, 6.45) is 0. The van der Waals surface area contributed by atoms with E-state index in [0.717, 1.165) is 17.1 Å². The topological polar surface area (TPSA) is 3.24 Å².